The van der Waals surface area contributed by atoms with Crippen molar-refractivity contribution in [3.05, 3.63) is 72.3 Å². The molecule has 0 atom stereocenters. The Kier molecular flexibility index (Phi) is 8.59. The van der Waals surface area contributed by atoms with Gasteiger partial charge in [0.25, 0.3) is 5.91 Å². The molecule has 2 aromatic carbocycles. The number of hydrogen-bond donors (Lipinski definition) is 0. The molecule has 0 spiro atoms. The number of halogens is 1. The molecule has 2 heterocycles. The number of aromatic nitrogens is 3. The summed E-state index contributed by atoms with van der Waals surface area (Å²) in [6.07, 6.45) is 3.46. The Morgan fingerprint density at radius 1 is 1.05 bits per heavy atom. The van der Waals surface area contributed by atoms with Crippen molar-refractivity contribution in [3.8, 4) is 0 Å². The summed E-state index contributed by atoms with van der Waals surface area (Å²) in [7, 11) is -3.72. The van der Waals surface area contributed by atoms with Crippen LogP contribution in [0.4, 0.5) is 9.52 Å². The molecule has 0 saturated heterocycles. The standard InChI is InChI=1S/C27H32FN5O3S2/c1-19(2)17-32(18-20(3)4)38(35,36)23-9-6-21(7-10-23)26(34)33(15-14-31-13-5-12-29-31)27-30-24-11-8-22(28)16-25(24)37-27/h5-13,16,19-20H,14-15,17-18H2,1-4H3. The van der Waals surface area contributed by atoms with Crippen molar-refractivity contribution in [1.82, 2.24) is 19.1 Å². The lowest BCUT2D eigenvalue weighted by Gasteiger charge is -2.26. The lowest BCUT2D eigenvalue weighted by Crippen LogP contribution is -2.37. The second-order valence-corrected chi connectivity index (χ2v) is 12.9. The van der Waals surface area contributed by atoms with Crippen LogP contribution in [0, 0.1) is 17.7 Å². The van der Waals surface area contributed by atoms with Crippen molar-refractivity contribution < 1.29 is 17.6 Å². The van der Waals surface area contributed by atoms with E-state index in [4.69, 9.17) is 0 Å². The molecular weight excluding hydrogens is 525 g/mol. The van der Waals surface area contributed by atoms with Gasteiger partial charge in [-0.25, -0.2) is 17.8 Å². The maximum atomic E-state index is 13.8. The van der Waals surface area contributed by atoms with Gasteiger partial charge >= 0.3 is 0 Å². The predicted molar refractivity (Wildman–Crippen MR) is 148 cm³/mol. The van der Waals surface area contributed by atoms with E-state index in [1.165, 1.54) is 56.9 Å². The smallest absolute Gasteiger partial charge is 0.260 e. The summed E-state index contributed by atoms with van der Waals surface area (Å²) in [6.45, 7) is 9.48. The van der Waals surface area contributed by atoms with Crippen molar-refractivity contribution in [2.24, 2.45) is 11.8 Å². The number of anilines is 1. The van der Waals surface area contributed by atoms with E-state index >= 15 is 0 Å². The number of hydrogen-bond acceptors (Lipinski definition) is 6. The van der Waals surface area contributed by atoms with Gasteiger partial charge < -0.3 is 0 Å². The third-order valence-corrected chi connectivity index (χ3v) is 8.69. The van der Waals surface area contributed by atoms with E-state index in [2.05, 4.69) is 10.1 Å². The molecule has 0 saturated carbocycles. The molecular formula is C27H32FN5O3S2. The summed E-state index contributed by atoms with van der Waals surface area (Å²) >= 11 is 1.22. The fourth-order valence-electron chi connectivity index (χ4n) is 4.08. The van der Waals surface area contributed by atoms with E-state index in [1.54, 1.807) is 29.2 Å². The van der Waals surface area contributed by atoms with Gasteiger partial charge in [-0.05, 0) is 60.4 Å². The number of nitrogens with zero attached hydrogens (tertiary/aromatic N) is 5. The minimum atomic E-state index is -3.72. The van der Waals surface area contributed by atoms with Gasteiger partial charge in [0.05, 0.1) is 21.7 Å². The molecule has 4 rings (SSSR count). The van der Waals surface area contributed by atoms with E-state index in [0.29, 0.717) is 40.5 Å². The molecule has 0 aliphatic rings. The van der Waals surface area contributed by atoms with Crippen LogP contribution in [0.3, 0.4) is 0 Å². The van der Waals surface area contributed by atoms with Crippen molar-refractivity contribution in [1.29, 1.82) is 0 Å². The van der Waals surface area contributed by atoms with Gasteiger partial charge in [0.1, 0.15) is 5.82 Å². The van der Waals surface area contributed by atoms with E-state index in [9.17, 15) is 17.6 Å². The molecule has 4 aromatic rings. The van der Waals surface area contributed by atoms with Gasteiger partial charge in [0.2, 0.25) is 10.0 Å². The molecule has 0 aliphatic carbocycles. The van der Waals surface area contributed by atoms with Crippen LogP contribution in [0.2, 0.25) is 0 Å². The van der Waals surface area contributed by atoms with Crippen LogP contribution in [0.15, 0.2) is 65.8 Å². The van der Waals surface area contributed by atoms with E-state index < -0.39 is 10.0 Å². The van der Waals surface area contributed by atoms with E-state index in [0.717, 1.165) is 0 Å². The summed E-state index contributed by atoms with van der Waals surface area (Å²) in [5.41, 5.74) is 0.925. The summed E-state index contributed by atoms with van der Waals surface area (Å²) in [5, 5.41) is 4.63. The Morgan fingerprint density at radius 3 is 2.34 bits per heavy atom. The number of amides is 1. The number of thiazole rings is 1. The van der Waals surface area contributed by atoms with Crippen molar-refractivity contribution in [2.45, 2.75) is 39.1 Å². The Morgan fingerprint density at radius 2 is 1.74 bits per heavy atom. The van der Waals surface area contributed by atoms with E-state index in [-0.39, 0.29) is 35.0 Å². The highest BCUT2D eigenvalue weighted by molar-refractivity contribution is 7.89. The average molecular weight is 558 g/mol. The van der Waals surface area contributed by atoms with Gasteiger partial charge in [-0.1, -0.05) is 39.0 Å². The number of sulfonamides is 1. The largest absolute Gasteiger partial charge is 0.282 e. The summed E-state index contributed by atoms with van der Waals surface area (Å²) in [4.78, 5) is 19.9. The van der Waals surface area contributed by atoms with Gasteiger partial charge in [-0.3, -0.25) is 14.4 Å². The molecule has 0 aliphatic heterocycles. The van der Waals surface area contributed by atoms with Crippen LogP contribution in [0.5, 0.6) is 0 Å². The normalized spacial score (nSPS) is 12.2. The number of fused-ring (bicyclic) bond motifs is 1. The fraction of sp³-hybridized carbons (Fsp3) is 0.370. The third kappa shape index (κ3) is 6.46. The quantitative estimate of drug-likeness (QED) is 0.250. The zero-order valence-corrected chi connectivity index (χ0v) is 23.5. The number of carbonyl (C=O) groups excluding carboxylic acids is 1. The molecule has 2 aromatic heterocycles. The lowest BCUT2D eigenvalue weighted by molar-refractivity contribution is 0.0985. The monoisotopic (exact) mass is 557 g/mol. The Hall–Kier alpha value is -3.15. The van der Waals surface area contributed by atoms with Gasteiger partial charge in [0.15, 0.2) is 5.13 Å². The molecule has 11 heteroatoms. The van der Waals surface area contributed by atoms with Crippen molar-refractivity contribution in [2.75, 3.05) is 24.5 Å². The number of carbonyl (C=O) groups is 1. The first-order chi connectivity index (χ1) is 18.0. The van der Waals surface area contributed by atoms with Crippen molar-refractivity contribution >= 4 is 42.6 Å². The van der Waals surface area contributed by atoms with Gasteiger partial charge in [0, 0.05) is 37.6 Å². The summed E-state index contributed by atoms with van der Waals surface area (Å²) in [5.74, 6) is -0.352. The second kappa shape index (κ2) is 11.7. The first kappa shape index (κ1) is 27.9. The van der Waals surface area contributed by atoms with Gasteiger partial charge in [-0.2, -0.15) is 9.40 Å². The van der Waals surface area contributed by atoms with Crippen LogP contribution in [0.25, 0.3) is 10.2 Å². The van der Waals surface area contributed by atoms with E-state index in [1.807, 2.05) is 27.7 Å². The Bertz CT molecular complexity index is 1470. The number of rotatable bonds is 11. The van der Waals surface area contributed by atoms with Crippen LogP contribution < -0.4 is 4.90 Å². The molecule has 0 unspecified atom stereocenters. The highest BCUT2D eigenvalue weighted by Crippen LogP contribution is 2.30. The molecule has 0 fully saturated rings. The SMILES string of the molecule is CC(C)CN(CC(C)C)S(=O)(=O)c1ccc(C(=O)N(CCn2cccn2)c2nc3ccc(F)cc3s2)cc1. The maximum Gasteiger partial charge on any atom is 0.260 e. The molecule has 0 N–H and O–H groups in total. The Labute approximate surface area is 226 Å². The minimum absolute atomic E-state index is 0.147. The van der Waals surface area contributed by atoms with Crippen LogP contribution >= 0.6 is 11.3 Å². The topological polar surface area (TPSA) is 88.4 Å². The minimum Gasteiger partial charge on any atom is -0.282 e. The first-order valence-corrected chi connectivity index (χ1v) is 14.8. The van der Waals surface area contributed by atoms with Gasteiger partial charge in [-0.15, -0.1) is 0 Å². The molecule has 0 radical (unpaired) electrons. The molecule has 1 amide bonds. The summed E-state index contributed by atoms with van der Waals surface area (Å²) < 4.78 is 44.4. The Balaban J connectivity index is 1.63. The van der Waals surface area contributed by atoms with Crippen LogP contribution in [0.1, 0.15) is 38.1 Å². The molecule has 38 heavy (non-hydrogen) atoms. The molecule has 202 valence electrons. The molecule has 0 bridgehead atoms. The molecule has 8 nitrogen and oxygen atoms in total. The average Bonchev–Trinajstić information content (AvgIpc) is 3.53. The predicted octanol–water partition coefficient (Wildman–Crippen LogP) is 5.28. The maximum absolute atomic E-state index is 13.8. The zero-order chi connectivity index (χ0) is 27.4. The van der Waals surface area contributed by atoms with Crippen LogP contribution in [-0.4, -0.2) is 53.0 Å². The van der Waals surface area contributed by atoms with Crippen LogP contribution in [-0.2, 0) is 16.6 Å². The number of benzene rings is 2. The fourth-order valence-corrected chi connectivity index (χ4v) is 6.86. The third-order valence-electron chi connectivity index (χ3n) is 5.80. The lowest BCUT2D eigenvalue weighted by atomic mass is 10.2. The van der Waals surface area contributed by atoms with Crippen molar-refractivity contribution in [3.63, 3.8) is 0 Å². The zero-order valence-electron chi connectivity index (χ0n) is 21.9. The second-order valence-electron chi connectivity index (χ2n) is 9.97. The summed E-state index contributed by atoms with van der Waals surface area (Å²) in [6, 6.07) is 12.1. The highest BCUT2D eigenvalue weighted by atomic mass is 32.2. The highest BCUT2D eigenvalue weighted by Gasteiger charge is 2.27. The first-order valence-electron chi connectivity index (χ1n) is 12.5.